The summed E-state index contributed by atoms with van der Waals surface area (Å²) >= 11 is 0. The highest BCUT2D eigenvalue weighted by Gasteiger charge is 2.19. The number of nitrogens with one attached hydrogen (secondary N) is 2. The molecule has 0 aliphatic carbocycles. The van der Waals surface area contributed by atoms with Gasteiger partial charge in [-0.05, 0) is 34.9 Å². The number of fused-ring (bicyclic) bond motifs is 2. The molecule has 132 valence electrons. The maximum atomic E-state index is 13.0. The normalized spacial score (nSPS) is 13.0. The van der Waals surface area contributed by atoms with Crippen LogP contribution in [0.3, 0.4) is 0 Å². The topological polar surface area (TPSA) is 91.4 Å². The van der Waals surface area contributed by atoms with Gasteiger partial charge in [-0.3, -0.25) is 4.79 Å². The number of pyridine rings is 1. The van der Waals surface area contributed by atoms with Crippen LogP contribution < -0.4 is 15.5 Å². The number of halogens is 1. The molecule has 26 heavy (non-hydrogen) atoms. The van der Waals surface area contributed by atoms with Gasteiger partial charge in [0.15, 0.2) is 5.75 Å². The molecule has 0 amide bonds. The van der Waals surface area contributed by atoms with E-state index in [2.05, 4.69) is 10.3 Å². The molecule has 7 heteroatoms. The number of alkyl halides is 1. The summed E-state index contributed by atoms with van der Waals surface area (Å²) in [5.41, 5.74) is 3.09. The Kier molecular flexibility index (Phi) is 3.93. The van der Waals surface area contributed by atoms with E-state index in [1.165, 1.54) is 11.6 Å². The molecule has 2 heterocycles. The fourth-order valence-electron chi connectivity index (χ4n) is 3.32. The van der Waals surface area contributed by atoms with Crippen LogP contribution >= 0.6 is 0 Å². The smallest absolute Gasteiger partial charge is 0.341 e. The number of aromatic amines is 1. The number of rotatable bonds is 4. The molecule has 0 radical (unpaired) electrons. The molecule has 0 saturated carbocycles. The van der Waals surface area contributed by atoms with E-state index in [-0.39, 0.29) is 22.2 Å². The van der Waals surface area contributed by atoms with Crippen LogP contribution in [0.4, 0.5) is 4.39 Å². The molecule has 0 bridgehead atoms. The van der Waals surface area contributed by atoms with Crippen molar-refractivity contribution in [3.05, 3.63) is 63.4 Å². The molecule has 0 spiro atoms. The van der Waals surface area contributed by atoms with Gasteiger partial charge in [0.2, 0.25) is 12.3 Å². The number of ether oxygens (including phenoxy) is 1. The van der Waals surface area contributed by atoms with Gasteiger partial charge in [0.05, 0.1) is 10.9 Å². The summed E-state index contributed by atoms with van der Waals surface area (Å²) in [6.45, 7) is 0.503. The molecule has 1 aromatic heterocycles. The zero-order chi connectivity index (χ0) is 18.3. The number of carbonyl (C=O) groups is 1. The number of hydrogen-bond donors (Lipinski definition) is 3. The zero-order valence-corrected chi connectivity index (χ0v) is 13.6. The minimum absolute atomic E-state index is 0.139. The average Bonchev–Trinajstić information content (AvgIpc) is 3.10. The third-order valence-corrected chi connectivity index (χ3v) is 4.59. The Bertz CT molecular complexity index is 1090. The number of hydrogen-bond acceptors (Lipinski definition) is 4. The second-order valence-electron chi connectivity index (χ2n) is 6.04. The first kappa shape index (κ1) is 16.3. The Morgan fingerprint density at radius 3 is 2.77 bits per heavy atom. The molecule has 4 rings (SSSR count). The van der Waals surface area contributed by atoms with Gasteiger partial charge < -0.3 is 20.1 Å². The summed E-state index contributed by atoms with van der Waals surface area (Å²) in [5.74, 6) is -1.14. The Morgan fingerprint density at radius 2 is 2.00 bits per heavy atom. The van der Waals surface area contributed by atoms with E-state index in [1.54, 1.807) is 6.07 Å². The predicted octanol–water partition coefficient (Wildman–Crippen LogP) is 2.80. The van der Waals surface area contributed by atoms with Crippen molar-refractivity contribution >= 4 is 16.9 Å². The van der Waals surface area contributed by atoms with Gasteiger partial charge in [0.1, 0.15) is 5.56 Å². The molecule has 0 atom stereocenters. The molecular formula is C19H15FN2O4. The average molecular weight is 354 g/mol. The number of aromatic nitrogens is 1. The first-order valence-corrected chi connectivity index (χ1v) is 8.03. The Labute approximate surface area is 147 Å². The van der Waals surface area contributed by atoms with Crippen LogP contribution in [0.25, 0.3) is 22.0 Å². The van der Waals surface area contributed by atoms with Crippen molar-refractivity contribution in [3.8, 4) is 16.9 Å². The van der Waals surface area contributed by atoms with Crippen molar-refractivity contribution in [1.29, 1.82) is 0 Å². The van der Waals surface area contributed by atoms with Crippen molar-refractivity contribution < 1.29 is 19.0 Å². The minimum atomic E-state index is -1.32. The van der Waals surface area contributed by atoms with Crippen LogP contribution in [0.15, 0.2) is 41.3 Å². The molecule has 0 unspecified atom stereocenters. The molecule has 0 saturated heterocycles. The molecule has 1 aliphatic rings. The Hall–Kier alpha value is -3.19. The van der Waals surface area contributed by atoms with Crippen molar-refractivity contribution in [2.45, 2.75) is 13.1 Å². The lowest BCUT2D eigenvalue weighted by Crippen LogP contribution is -2.15. The number of aromatic carboxylic acids is 1. The molecule has 3 aromatic rings. The van der Waals surface area contributed by atoms with Gasteiger partial charge in [-0.1, -0.05) is 12.1 Å². The van der Waals surface area contributed by atoms with Crippen LogP contribution in [0, 0.1) is 0 Å². The van der Waals surface area contributed by atoms with E-state index in [9.17, 15) is 14.0 Å². The molecular weight excluding hydrogens is 339 g/mol. The summed E-state index contributed by atoms with van der Waals surface area (Å²) < 4.78 is 18.2. The number of benzene rings is 2. The van der Waals surface area contributed by atoms with Crippen LogP contribution in [0.1, 0.15) is 21.5 Å². The highest BCUT2D eigenvalue weighted by atomic mass is 19.1. The van der Waals surface area contributed by atoms with Crippen LogP contribution in [-0.4, -0.2) is 22.9 Å². The SMILES string of the molecule is O=C(O)c1c[nH]c2c(OCF)c(-c3ccc4c(c3)CNC4)ccc2c1=O. The predicted molar refractivity (Wildman–Crippen MR) is 94.1 cm³/mol. The Balaban J connectivity index is 1.95. The van der Waals surface area contributed by atoms with E-state index in [0.717, 1.165) is 30.4 Å². The zero-order valence-electron chi connectivity index (χ0n) is 13.6. The molecule has 6 nitrogen and oxygen atoms in total. The fourth-order valence-corrected chi connectivity index (χ4v) is 3.32. The summed E-state index contributed by atoms with van der Waals surface area (Å²) in [5, 5.41) is 12.5. The molecule has 3 N–H and O–H groups in total. The lowest BCUT2D eigenvalue weighted by atomic mass is 9.98. The summed E-state index contributed by atoms with van der Waals surface area (Å²) in [6, 6.07) is 9.11. The number of H-pyrrole nitrogens is 1. The van der Waals surface area contributed by atoms with E-state index in [4.69, 9.17) is 9.84 Å². The van der Waals surface area contributed by atoms with E-state index in [1.807, 2.05) is 18.2 Å². The van der Waals surface area contributed by atoms with Gasteiger partial charge >= 0.3 is 5.97 Å². The molecule has 1 aliphatic heterocycles. The second kappa shape index (κ2) is 6.27. The van der Waals surface area contributed by atoms with Gasteiger partial charge in [0, 0.05) is 24.8 Å². The van der Waals surface area contributed by atoms with Crippen LogP contribution in [-0.2, 0) is 13.1 Å². The highest BCUT2D eigenvalue weighted by molar-refractivity contribution is 5.97. The maximum absolute atomic E-state index is 13.0. The summed E-state index contributed by atoms with van der Waals surface area (Å²) in [6.07, 6.45) is 1.11. The lowest BCUT2D eigenvalue weighted by molar-refractivity contribution is 0.0695. The van der Waals surface area contributed by atoms with Crippen molar-refractivity contribution in [2.75, 3.05) is 6.86 Å². The van der Waals surface area contributed by atoms with Gasteiger partial charge in [0.25, 0.3) is 0 Å². The van der Waals surface area contributed by atoms with Crippen LogP contribution in [0.2, 0.25) is 0 Å². The fraction of sp³-hybridized carbons (Fsp3) is 0.158. The largest absolute Gasteiger partial charge is 0.477 e. The number of carboxylic acids is 1. The van der Waals surface area contributed by atoms with Crippen molar-refractivity contribution in [1.82, 2.24) is 10.3 Å². The minimum Gasteiger partial charge on any atom is -0.477 e. The maximum Gasteiger partial charge on any atom is 0.341 e. The highest BCUT2D eigenvalue weighted by Crippen LogP contribution is 2.36. The van der Waals surface area contributed by atoms with E-state index >= 15 is 0 Å². The van der Waals surface area contributed by atoms with Gasteiger partial charge in [-0.15, -0.1) is 0 Å². The number of carboxylic acid groups (broad SMARTS) is 1. The van der Waals surface area contributed by atoms with Crippen LogP contribution in [0.5, 0.6) is 5.75 Å². The third-order valence-electron chi connectivity index (χ3n) is 4.59. The monoisotopic (exact) mass is 354 g/mol. The third kappa shape index (κ3) is 2.53. The molecule has 0 fully saturated rings. The first-order valence-electron chi connectivity index (χ1n) is 8.03. The quantitative estimate of drug-likeness (QED) is 0.670. The van der Waals surface area contributed by atoms with Crippen molar-refractivity contribution in [2.24, 2.45) is 0 Å². The van der Waals surface area contributed by atoms with E-state index < -0.39 is 18.3 Å². The van der Waals surface area contributed by atoms with Gasteiger partial charge in [-0.2, -0.15) is 0 Å². The van der Waals surface area contributed by atoms with Gasteiger partial charge in [-0.25, -0.2) is 9.18 Å². The standard InChI is InChI=1S/C19H15FN2O4/c20-9-26-18-13(10-1-2-11-6-21-7-12(11)5-10)3-4-14-16(18)22-8-15(17(14)23)19(24)25/h1-5,8,21H,6-7,9H2,(H,22,23)(H,24,25). The summed E-state index contributed by atoms with van der Waals surface area (Å²) in [7, 11) is 0. The molecule has 2 aromatic carbocycles. The summed E-state index contributed by atoms with van der Waals surface area (Å²) in [4.78, 5) is 26.3. The second-order valence-corrected chi connectivity index (χ2v) is 6.04. The lowest BCUT2D eigenvalue weighted by Gasteiger charge is -2.13. The van der Waals surface area contributed by atoms with E-state index in [0.29, 0.717) is 5.56 Å². The Morgan fingerprint density at radius 1 is 1.19 bits per heavy atom. The van der Waals surface area contributed by atoms with Crippen molar-refractivity contribution in [3.63, 3.8) is 0 Å². The first-order chi connectivity index (χ1) is 12.6.